The summed E-state index contributed by atoms with van der Waals surface area (Å²) in [6.07, 6.45) is 0.833. The van der Waals surface area contributed by atoms with Crippen molar-refractivity contribution in [3.63, 3.8) is 0 Å². The molecule has 1 N–H and O–H groups in total. The van der Waals surface area contributed by atoms with E-state index in [4.69, 9.17) is 11.6 Å². The van der Waals surface area contributed by atoms with Crippen molar-refractivity contribution in [3.05, 3.63) is 28.8 Å². The maximum atomic E-state index is 11.8. The molecule has 0 saturated carbocycles. The summed E-state index contributed by atoms with van der Waals surface area (Å²) in [6, 6.07) is 5.59. The van der Waals surface area contributed by atoms with Crippen molar-refractivity contribution in [3.8, 4) is 0 Å². The Kier molecular flexibility index (Phi) is 3.06. The van der Waals surface area contributed by atoms with Crippen LogP contribution in [0.3, 0.4) is 0 Å². The molecule has 1 amide bonds. The van der Waals surface area contributed by atoms with Gasteiger partial charge in [0, 0.05) is 13.6 Å². The van der Waals surface area contributed by atoms with Crippen LogP contribution in [0.5, 0.6) is 0 Å². The second-order valence-electron chi connectivity index (χ2n) is 4.18. The van der Waals surface area contributed by atoms with Gasteiger partial charge in [-0.2, -0.15) is 0 Å². The second-order valence-corrected chi connectivity index (χ2v) is 4.58. The molecule has 1 saturated heterocycles. The topological polar surface area (TPSA) is 32.3 Å². The molecule has 0 spiro atoms. The monoisotopic (exact) mass is 238 g/mol. The van der Waals surface area contributed by atoms with Crippen molar-refractivity contribution in [1.82, 2.24) is 4.90 Å². The van der Waals surface area contributed by atoms with Crippen LogP contribution >= 0.6 is 11.6 Å². The van der Waals surface area contributed by atoms with E-state index in [1.807, 2.05) is 32.2 Å². The molecule has 1 heterocycles. The Balaban J connectivity index is 2.19. The third-order valence-corrected chi connectivity index (χ3v) is 3.28. The number of hydrogen-bond acceptors (Lipinski definition) is 2. The number of likely N-dealkylation sites (N-methyl/N-ethyl adjacent to an activating group) is 1. The largest absolute Gasteiger partial charge is 0.372 e. The van der Waals surface area contributed by atoms with E-state index in [1.54, 1.807) is 4.90 Å². The van der Waals surface area contributed by atoms with Crippen molar-refractivity contribution in [2.75, 3.05) is 18.9 Å². The summed E-state index contributed by atoms with van der Waals surface area (Å²) in [5.74, 6) is 0.138. The fourth-order valence-corrected chi connectivity index (χ4v) is 2.22. The summed E-state index contributed by atoms with van der Waals surface area (Å²) in [6.45, 7) is 2.79. The van der Waals surface area contributed by atoms with Crippen molar-refractivity contribution in [2.24, 2.45) is 0 Å². The van der Waals surface area contributed by atoms with Gasteiger partial charge in [-0.25, -0.2) is 0 Å². The minimum absolute atomic E-state index is 0.136. The zero-order chi connectivity index (χ0) is 11.7. The van der Waals surface area contributed by atoms with Crippen molar-refractivity contribution in [1.29, 1.82) is 0 Å². The number of rotatable bonds is 2. The summed E-state index contributed by atoms with van der Waals surface area (Å²) in [5, 5.41) is 3.90. The van der Waals surface area contributed by atoms with Crippen LogP contribution in [-0.2, 0) is 4.79 Å². The smallest absolute Gasteiger partial charge is 0.244 e. The number of carbonyl (C=O) groups excluding carboxylic acids is 1. The van der Waals surface area contributed by atoms with Crippen molar-refractivity contribution < 1.29 is 4.79 Å². The van der Waals surface area contributed by atoms with Crippen LogP contribution in [0.25, 0.3) is 0 Å². The van der Waals surface area contributed by atoms with Crippen LogP contribution in [0.2, 0.25) is 5.02 Å². The maximum absolute atomic E-state index is 11.8. The fraction of sp³-hybridized carbons (Fsp3) is 0.417. The number of anilines is 1. The average Bonchev–Trinajstić information content (AvgIpc) is 2.55. The van der Waals surface area contributed by atoms with E-state index in [0.717, 1.165) is 24.2 Å². The average molecular weight is 239 g/mol. The maximum Gasteiger partial charge on any atom is 0.244 e. The number of carbonyl (C=O) groups is 1. The number of aryl methyl sites for hydroxylation is 1. The molecule has 2 rings (SSSR count). The number of nitrogens with one attached hydrogen (secondary N) is 1. The molecule has 0 bridgehead atoms. The number of benzene rings is 1. The van der Waals surface area contributed by atoms with Crippen LogP contribution in [0.1, 0.15) is 12.0 Å². The van der Waals surface area contributed by atoms with Gasteiger partial charge in [0.1, 0.15) is 6.04 Å². The first-order chi connectivity index (χ1) is 7.59. The van der Waals surface area contributed by atoms with E-state index in [2.05, 4.69) is 5.32 Å². The zero-order valence-electron chi connectivity index (χ0n) is 9.46. The van der Waals surface area contributed by atoms with E-state index in [1.165, 1.54) is 0 Å². The molecule has 4 heteroatoms. The highest BCUT2D eigenvalue weighted by molar-refractivity contribution is 6.33. The molecule has 1 atom stereocenters. The summed E-state index contributed by atoms with van der Waals surface area (Å²) in [5.41, 5.74) is 1.94. The molecule has 1 unspecified atom stereocenters. The van der Waals surface area contributed by atoms with Gasteiger partial charge >= 0.3 is 0 Å². The number of nitrogens with zero attached hydrogens (tertiary/aromatic N) is 1. The van der Waals surface area contributed by atoms with Gasteiger partial charge in [0.05, 0.1) is 10.7 Å². The molecule has 86 valence electrons. The third-order valence-electron chi connectivity index (χ3n) is 2.97. The van der Waals surface area contributed by atoms with E-state index in [-0.39, 0.29) is 11.9 Å². The Hall–Kier alpha value is -1.22. The molecule has 1 aromatic rings. The molecule has 16 heavy (non-hydrogen) atoms. The van der Waals surface area contributed by atoms with Crippen LogP contribution in [0, 0.1) is 6.92 Å². The predicted molar refractivity (Wildman–Crippen MR) is 65.9 cm³/mol. The lowest BCUT2D eigenvalue weighted by Crippen LogP contribution is -2.31. The van der Waals surface area contributed by atoms with Gasteiger partial charge in [0.2, 0.25) is 5.91 Å². The number of halogens is 1. The number of amides is 1. The summed E-state index contributed by atoms with van der Waals surface area (Å²) in [7, 11) is 1.82. The summed E-state index contributed by atoms with van der Waals surface area (Å²) in [4.78, 5) is 13.5. The van der Waals surface area contributed by atoms with E-state index in [0.29, 0.717) is 5.02 Å². The van der Waals surface area contributed by atoms with Gasteiger partial charge in [0.15, 0.2) is 0 Å². The molecule has 0 aliphatic carbocycles. The van der Waals surface area contributed by atoms with Gasteiger partial charge in [-0.1, -0.05) is 23.7 Å². The second kappa shape index (κ2) is 4.34. The zero-order valence-corrected chi connectivity index (χ0v) is 10.2. The molecule has 1 fully saturated rings. The summed E-state index contributed by atoms with van der Waals surface area (Å²) >= 11 is 6.10. The number of hydrogen-bond donors (Lipinski definition) is 1. The standard InChI is InChI=1S/C12H15ClN2O/c1-8-4-3-5-9(13)11(8)14-10-6-7-15(2)12(10)16/h3-5,10,14H,6-7H2,1-2H3. The van der Waals surface area contributed by atoms with Gasteiger partial charge in [-0.05, 0) is 25.0 Å². The Labute approximate surface area is 100 Å². The first-order valence-corrected chi connectivity index (χ1v) is 5.74. The lowest BCUT2D eigenvalue weighted by molar-refractivity contribution is -0.127. The van der Waals surface area contributed by atoms with Gasteiger partial charge in [-0.15, -0.1) is 0 Å². The van der Waals surface area contributed by atoms with Crippen LogP contribution in [0.15, 0.2) is 18.2 Å². The van der Waals surface area contributed by atoms with Gasteiger partial charge in [0.25, 0.3) is 0 Å². The first kappa shape index (κ1) is 11.3. The highest BCUT2D eigenvalue weighted by Crippen LogP contribution is 2.27. The van der Waals surface area contributed by atoms with E-state index < -0.39 is 0 Å². The molecular formula is C12H15ClN2O. The number of likely N-dealkylation sites (tertiary alicyclic amines) is 1. The molecule has 0 radical (unpaired) electrons. The lowest BCUT2D eigenvalue weighted by Gasteiger charge is -2.16. The van der Waals surface area contributed by atoms with Gasteiger partial charge < -0.3 is 10.2 Å². The predicted octanol–water partition coefficient (Wildman–Crippen LogP) is 2.29. The van der Waals surface area contributed by atoms with Crippen molar-refractivity contribution >= 4 is 23.2 Å². The Bertz CT molecular complexity index is 399. The number of para-hydroxylation sites is 1. The van der Waals surface area contributed by atoms with E-state index >= 15 is 0 Å². The minimum Gasteiger partial charge on any atom is -0.372 e. The van der Waals surface area contributed by atoms with E-state index in [9.17, 15) is 4.79 Å². The Morgan fingerprint density at radius 1 is 1.50 bits per heavy atom. The summed E-state index contributed by atoms with van der Waals surface area (Å²) < 4.78 is 0. The quantitative estimate of drug-likeness (QED) is 0.858. The normalized spacial score (nSPS) is 20.3. The molecule has 3 nitrogen and oxygen atoms in total. The molecule has 1 aromatic carbocycles. The Morgan fingerprint density at radius 2 is 2.25 bits per heavy atom. The lowest BCUT2D eigenvalue weighted by atomic mass is 10.1. The van der Waals surface area contributed by atoms with Crippen molar-refractivity contribution in [2.45, 2.75) is 19.4 Å². The third kappa shape index (κ3) is 2.00. The molecule has 0 aromatic heterocycles. The first-order valence-electron chi connectivity index (χ1n) is 5.36. The molecule has 1 aliphatic heterocycles. The van der Waals surface area contributed by atoms with Gasteiger partial charge in [-0.3, -0.25) is 4.79 Å². The molecular weight excluding hydrogens is 224 g/mol. The Morgan fingerprint density at radius 3 is 2.81 bits per heavy atom. The fourth-order valence-electron chi connectivity index (χ4n) is 1.95. The SMILES string of the molecule is Cc1cccc(Cl)c1NC1CCN(C)C1=O. The van der Waals surface area contributed by atoms with Crippen LogP contribution < -0.4 is 5.32 Å². The minimum atomic E-state index is -0.136. The highest BCUT2D eigenvalue weighted by atomic mass is 35.5. The molecule has 1 aliphatic rings. The van der Waals surface area contributed by atoms with Crippen LogP contribution in [0.4, 0.5) is 5.69 Å². The highest BCUT2D eigenvalue weighted by Gasteiger charge is 2.29. The van der Waals surface area contributed by atoms with Crippen LogP contribution in [-0.4, -0.2) is 30.4 Å².